The largest absolute Gasteiger partial charge is 0.335 e. The molecule has 124 valence electrons. The average molecular weight is 326 g/mol. The second kappa shape index (κ2) is 7.13. The molecule has 2 amide bonds. The minimum absolute atomic E-state index is 0.129. The Morgan fingerprint density at radius 3 is 2.27 bits per heavy atom. The molecule has 1 atom stereocenters. The first kappa shape index (κ1) is 18.5. The van der Waals surface area contributed by atoms with Crippen molar-refractivity contribution in [2.75, 3.05) is 5.75 Å². The molecule has 0 unspecified atom stereocenters. The summed E-state index contributed by atoms with van der Waals surface area (Å²) in [5.41, 5.74) is 0.686. The topological polar surface area (TPSA) is 75.3 Å². The minimum Gasteiger partial charge on any atom is -0.335 e. The summed E-state index contributed by atoms with van der Waals surface area (Å²) < 4.78 is 24.6. The summed E-state index contributed by atoms with van der Waals surface area (Å²) in [5, 5.41) is 5.50. The van der Waals surface area contributed by atoms with Crippen LogP contribution >= 0.6 is 0 Å². The van der Waals surface area contributed by atoms with Crippen molar-refractivity contribution in [1.82, 2.24) is 10.6 Å². The lowest BCUT2D eigenvalue weighted by molar-refractivity contribution is 0.226. The third-order valence-corrected chi connectivity index (χ3v) is 5.49. The van der Waals surface area contributed by atoms with Gasteiger partial charge in [0, 0.05) is 11.6 Å². The van der Waals surface area contributed by atoms with Crippen LogP contribution in [-0.2, 0) is 9.84 Å². The predicted octanol–water partition coefficient (Wildman–Crippen LogP) is 2.65. The number of nitrogens with one attached hydrogen (secondary N) is 2. The molecule has 0 spiro atoms. The van der Waals surface area contributed by atoms with Crippen LogP contribution in [0.15, 0.2) is 29.2 Å². The van der Waals surface area contributed by atoms with E-state index in [9.17, 15) is 13.2 Å². The van der Waals surface area contributed by atoms with Crippen molar-refractivity contribution in [2.45, 2.75) is 57.5 Å². The van der Waals surface area contributed by atoms with Crippen molar-refractivity contribution >= 4 is 15.9 Å². The van der Waals surface area contributed by atoms with Crippen molar-refractivity contribution < 1.29 is 13.2 Å². The summed E-state index contributed by atoms with van der Waals surface area (Å²) >= 11 is 0. The maximum absolute atomic E-state index is 12.3. The Morgan fingerprint density at radius 1 is 1.23 bits per heavy atom. The number of sulfone groups is 1. The maximum Gasteiger partial charge on any atom is 0.315 e. The standard InChI is InChI=1S/C16H26N2O3S/c1-6-16(4,5)18-15(19)17-13(3)11-22(20,21)14-9-7-12(2)8-10-14/h7-10,13H,6,11H2,1-5H3,(H2,17,18,19)/t13-/m1/s1. The van der Waals surface area contributed by atoms with Crippen LogP contribution in [0.2, 0.25) is 0 Å². The molecule has 0 aliphatic carbocycles. The van der Waals surface area contributed by atoms with Gasteiger partial charge in [0.1, 0.15) is 0 Å². The molecule has 0 radical (unpaired) electrons. The van der Waals surface area contributed by atoms with Crippen LogP contribution in [0.25, 0.3) is 0 Å². The van der Waals surface area contributed by atoms with Crippen LogP contribution in [0.4, 0.5) is 4.79 Å². The number of aryl methyl sites for hydroxylation is 1. The molecule has 6 heteroatoms. The van der Waals surface area contributed by atoms with Crippen LogP contribution in [0.5, 0.6) is 0 Å². The van der Waals surface area contributed by atoms with E-state index in [1.807, 2.05) is 27.7 Å². The van der Waals surface area contributed by atoms with Gasteiger partial charge in [-0.2, -0.15) is 0 Å². The van der Waals surface area contributed by atoms with Gasteiger partial charge in [-0.15, -0.1) is 0 Å². The fraction of sp³-hybridized carbons (Fsp3) is 0.562. The van der Waals surface area contributed by atoms with Gasteiger partial charge in [-0.05, 0) is 46.2 Å². The Balaban J connectivity index is 2.66. The average Bonchev–Trinajstić information content (AvgIpc) is 2.37. The first-order valence-corrected chi connectivity index (χ1v) is 9.09. The van der Waals surface area contributed by atoms with E-state index >= 15 is 0 Å². The molecule has 0 bridgehead atoms. The molecule has 5 nitrogen and oxygen atoms in total. The third kappa shape index (κ3) is 5.67. The van der Waals surface area contributed by atoms with E-state index in [4.69, 9.17) is 0 Å². The van der Waals surface area contributed by atoms with Crippen molar-refractivity contribution in [3.63, 3.8) is 0 Å². The van der Waals surface area contributed by atoms with Crippen LogP contribution < -0.4 is 10.6 Å². The number of hydrogen-bond acceptors (Lipinski definition) is 3. The van der Waals surface area contributed by atoms with E-state index in [-0.39, 0.29) is 22.2 Å². The van der Waals surface area contributed by atoms with Gasteiger partial charge in [0.2, 0.25) is 0 Å². The summed E-state index contributed by atoms with van der Waals surface area (Å²) in [5.74, 6) is -0.129. The van der Waals surface area contributed by atoms with Crippen molar-refractivity contribution in [3.8, 4) is 0 Å². The van der Waals surface area contributed by atoms with Gasteiger partial charge in [-0.1, -0.05) is 24.6 Å². The number of carbonyl (C=O) groups excluding carboxylic acids is 1. The van der Waals surface area contributed by atoms with Crippen molar-refractivity contribution in [2.24, 2.45) is 0 Å². The van der Waals surface area contributed by atoms with Crippen LogP contribution in [-0.4, -0.2) is 31.8 Å². The SMILES string of the molecule is CCC(C)(C)NC(=O)N[C@H](C)CS(=O)(=O)c1ccc(C)cc1. The lowest BCUT2D eigenvalue weighted by Crippen LogP contribution is -2.51. The molecule has 1 aromatic rings. The minimum atomic E-state index is -3.41. The number of carbonyl (C=O) groups is 1. The smallest absolute Gasteiger partial charge is 0.315 e. The van der Waals surface area contributed by atoms with E-state index < -0.39 is 15.9 Å². The number of amides is 2. The summed E-state index contributed by atoms with van der Waals surface area (Å²) in [6.45, 7) is 9.40. The van der Waals surface area contributed by atoms with E-state index in [1.54, 1.807) is 31.2 Å². The molecule has 0 aliphatic heterocycles. The molecule has 2 N–H and O–H groups in total. The quantitative estimate of drug-likeness (QED) is 0.844. The molecule has 0 heterocycles. The number of hydrogen-bond donors (Lipinski definition) is 2. The molecule has 0 saturated carbocycles. The zero-order valence-corrected chi connectivity index (χ0v) is 14.8. The summed E-state index contributed by atoms with van der Waals surface area (Å²) in [4.78, 5) is 12.2. The van der Waals surface area contributed by atoms with Crippen LogP contribution in [0.1, 0.15) is 39.7 Å². The Labute approximate surface area is 133 Å². The monoisotopic (exact) mass is 326 g/mol. The zero-order chi connectivity index (χ0) is 17.0. The number of benzene rings is 1. The lowest BCUT2D eigenvalue weighted by Gasteiger charge is -2.26. The highest BCUT2D eigenvalue weighted by atomic mass is 32.2. The Morgan fingerprint density at radius 2 is 1.77 bits per heavy atom. The molecule has 0 fully saturated rings. The van der Waals surface area contributed by atoms with Crippen molar-refractivity contribution in [3.05, 3.63) is 29.8 Å². The second-order valence-electron chi connectivity index (χ2n) is 6.33. The highest BCUT2D eigenvalue weighted by Crippen LogP contribution is 2.13. The van der Waals surface area contributed by atoms with Gasteiger partial charge in [0.15, 0.2) is 9.84 Å². The molecular weight excluding hydrogens is 300 g/mol. The molecule has 1 aromatic carbocycles. The van der Waals surface area contributed by atoms with E-state index in [0.717, 1.165) is 12.0 Å². The Kier molecular flexibility index (Phi) is 6.00. The summed E-state index contributed by atoms with van der Waals surface area (Å²) in [6, 6.07) is 5.90. The van der Waals surface area contributed by atoms with Gasteiger partial charge in [0.05, 0.1) is 10.6 Å². The Hall–Kier alpha value is -1.56. The van der Waals surface area contributed by atoms with Gasteiger partial charge >= 0.3 is 6.03 Å². The third-order valence-electron chi connectivity index (χ3n) is 3.56. The normalized spacial score (nSPS) is 13.5. The van der Waals surface area contributed by atoms with Gasteiger partial charge in [-0.25, -0.2) is 13.2 Å². The first-order chi connectivity index (χ1) is 10.1. The lowest BCUT2D eigenvalue weighted by atomic mass is 10.0. The van der Waals surface area contributed by atoms with Crippen LogP contribution in [0.3, 0.4) is 0 Å². The van der Waals surface area contributed by atoms with E-state index in [2.05, 4.69) is 10.6 Å². The molecule has 0 saturated heterocycles. The van der Waals surface area contributed by atoms with Crippen molar-refractivity contribution in [1.29, 1.82) is 0 Å². The number of rotatable bonds is 6. The molecule has 0 aliphatic rings. The fourth-order valence-electron chi connectivity index (χ4n) is 1.87. The maximum atomic E-state index is 12.3. The van der Waals surface area contributed by atoms with Gasteiger partial charge in [0.25, 0.3) is 0 Å². The highest BCUT2D eigenvalue weighted by molar-refractivity contribution is 7.91. The van der Waals surface area contributed by atoms with E-state index in [0.29, 0.717) is 0 Å². The Bertz CT molecular complexity index is 607. The summed E-state index contributed by atoms with van der Waals surface area (Å²) in [7, 11) is -3.41. The fourth-order valence-corrected chi connectivity index (χ4v) is 3.35. The van der Waals surface area contributed by atoms with Gasteiger partial charge in [-0.3, -0.25) is 0 Å². The second-order valence-corrected chi connectivity index (χ2v) is 8.37. The zero-order valence-electron chi connectivity index (χ0n) is 13.9. The molecular formula is C16H26N2O3S. The number of urea groups is 1. The summed E-state index contributed by atoms with van der Waals surface area (Å²) in [6.07, 6.45) is 0.788. The first-order valence-electron chi connectivity index (χ1n) is 7.44. The molecule has 1 rings (SSSR count). The van der Waals surface area contributed by atoms with Crippen LogP contribution in [0, 0.1) is 6.92 Å². The van der Waals surface area contributed by atoms with Gasteiger partial charge < -0.3 is 10.6 Å². The predicted molar refractivity (Wildman–Crippen MR) is 88.7 cm³/mol. The highest BCUT2D eigenvalue weighted by Gasteiger charge is 2.22. The van der Waals surface area contributed by atoms with E-state index in [1.165, 1.54) is 0 Å². The molecule has 22 heavy (non-hydrogen) atoms. The molecule has 0 aromatic heterocycles.